The van der Waals surface area contributed by atoms with E-state index >= 15 is 0 Å². The Balaban J connectivity index is 0.00000300. The molecule has 0 aliphatic rings. The van der Waals surface area contributed by atoms with E-state index < -0.39 is 0 Å². The van der Waals surface area contributed by atoms with E-state index in [1.165, 1.54) is 0 Å². The third-order valence-corrected chi connectivity index (χ3v) is 4.12. The third-order valence-electron chi connectivity index (χ3n) is 4.12. The molecule has 0 bridgehead atoms. The summed E-state index contributed by atoms with van der Waals surface area (Å²) in [5.74, 6) is -0.715. The Morgan fingerprint density at radius 3 is 2.10 bits per heavy atom. The van der Waals surface area contributed by atoms with E-state index in [0.29, 0.717) is 24.3 Å². The summed E-state index contributed by atoms with van der Waals surface area (Å²) in [6.07, 6.45) is 0. The number of carbonyl (C=O) groups excluding carboxylic acids is 2. The number of aromatic nitrogens is 1. The van der Waals surface area contributed by atoms with Gasteiger partial charge in [0.15, 0.2) is 0 Å². The van der Waals surface area contributed by atoms with Gasteiger partial charge in [-0.05, 0) is 69.3 Å². The van der Waals surface area contributed by atoms with Crippen molar-refractivity contribution in [3.8, 4) is 0 Å². The van der Waals surface area contributed by atoms with Crippen molar-refractivity contribution in [1.82, 2.24) is 4.98 Å². The minimum absolute atomic E-state index is 0. The number of ether oxygens (including phenoxy) is 2. The molecule has 0 radical (unpaired) electrons. The predicted octanol–water partition coefficient (Wildman–Crippen LogP) is 5.06. The van der Waals surface area contributed by atoms with Crippen molar-refractivity contribution in [2.75, 3.05) is 18.5 Å². The number of hydrogen-bond acceptors (Lipinski definition) is 6. The lowest BCUT2D eigenvalue weighted by Gasteiger charge is -2.12. The van der Waals surface area contributed by atoms with E-state index in [9.17, 15) is 9.59 Å². The first-order valence-electron chi connectivity index (χ1n) is 9.14. The van der Waals surface area contributed by atoms with Gasteiger partial charge in [0, 0.05) is 22.5 Å². The normalized spacial score (nSPS) is 10.2. The largest absolute Gasteiger partial charge is 0.462 e. The number of halogens is 1. The lowest BCUT2D eigenvalue weighted by molar-refractivity contribution is 0.0517. The van der Waals surface area contributed by atoms with Gasteiger partial charge in [0.25, 0.3) is 0 Å². The zero-order valence-corrected chi connectivity index (χ0v) is 17.3. The highest BCUT2D eigenvalue weighted by molar-refractivity contribution is 6.00. The van der Waals surface area contributed by atoms with Crippen LogP contribution in [0.3, 0.4) is 0 Å². The highest BCUT2D eigenvalue weighted by Gasteiger charge is 2.12. The predicted molar refractivity (Wildman–Crippen MR) is 115 cm³/mol. The van der Waals surface area contributed by atoms with Crippen molar-refractivity contribution < 1.29 is 19.1 Å². The second-order valence-electron chi connectivity index (χ2n) is 6.19. The monoisotopic (exact) mass is 414 g/mol. The highest BCUT2D eigenvalue weighted by atomic mass is 35.5. The fraction of sp³-hybridized carbons (Fsp3) is 0.227. The summed E-state index contributed by atoms with van der Waals surface area (Å²) in [7, 11) is 0. The second kappa shape index (κ2) is 9.89. The molecule has 0 amide bonds. The first kappa shape index (κ1) is 22.2. The molecule has 0 saturated heterocycles. The molecule has 1 heterocycles. The van der Waals surface area contributed by atoms with Gasteiger partial charge < -0.3 is 14.8 Å². The minimum atomic E-state index is -0.366. The van der Waals surface area contributed by atoms with Crippen LogP contribution in [-0.2, 0) is 9.47 Å². The Hall–Kier alpha value is -3.12. The first-order chi connectivity index (χ1) is 13.5. The average Bonchev–Trinajstić information content (AvgIpc) is 2.68. The van der Waals surface area contributed by atoms with Gasteiger partial charge in [-0.3, -0.25) is 4.98 Å². The van der Waals surface area contributed by atoms with Gasteiger partial charge in [0.1, 0.15) is 0 Å². The van der Waals surface area contributed by atoms with Gasteiger partial charge in [-0.2, -0.15) is 0 Å². The fourth-order valence-corrected chi connectivity index (χ4v) is 2.86. The summed E-state index contributed by atoms with van der Waals surface area (Å²) in [6, 6.07) is 14.2. The maximum absolute atomic E-state index is 12.1. The smallest absolute Gasteiger partial charge is 0.338 e. The summed E-state index contributed by atoms with van der Waals surface area (Å²) in [4.78, 5) is 28.4. The molecule has 3 rings (SSSR count). The molecule has 152 valence electrons. The number of fused-ring (bicyclic) bond motifs is 1. The summed E-state index contributed by atoms with van der Waals surface area (Å²) in [6.45, 7) is 6.12. The van der Waals surface area contributed by atoms with Gasteiger partial charge >= 0.3 is 11.9 Å². The molecular weight excluding hydrogens is 392 g/mol. The van der Waals surface area contributed by atoms with Crippen LogP contribution in [0.4, 0.5) is 11.4 Å². The Kier molecular flexibility index (Phi) is 7.56. The van der Waals surface area contributed by atoms with E-state index in [1.807, 2.05) is 31.2 Å². The Labute approximate surface area is 175 Å². The van der Waals surface area contributed by atoms with Crippen LogP contribution in [0.25, 0.3) is 10.9 Å². The Morgan fingerprint density at radius 2 is 1.48 bits per heavy atom. The quantitative estimate of drug-likeness (QED) is 0.568. The van der Waals surface area contributed by atoms with Crippen molar-refractivity contribution in [2.24, 2.45) is 0 Å². The van der Waals surface area contributed by atoms with E-state index in [1.54, 1.807) is 38.1 Å². The van der Waals surface area contributed by atoms with Gasteiger partial charge in [-0.1, -0.05) is 0 Å². The van der Waals surface area contributed by atoms with Gasteiger partial charge in [0.2, 0.25) is 0 Å². The van der Waals surface area contributed by atoms with Crippen LogP contribution >= 0.6 is 12.4 Å². The topological polar surface area (TPSA) is 77.5 Å². The zero-order valence-electron chi connectivity index (χ0n) is 16.5. The number of nitrogens with zero attached hydrogens (tertiary/aromatic N) is 1. The van der Waals surface area contributed by atoms with E-state index in [4.69, 9.17) is 9.47 Å². The molecule has 3 aromatic rings. The van der Waals surface area contributed by atoms with Crippen LogP contribution in [0.1, 0.15) is 40.3 Å². The molecule has 0 spiro atoms. The number of nitrogens with one attached hydrogen (secondary N) is 1. The summed E-state index contributed by atoms with van der Waals surface area (Å²) < 4.78 is 10.1. The molecular formula is C22H23ClN2O4. The number of rotatable bonds is 6. The first-order valence-corrected chi connectivity index (χ1v) is 9.14. The summed E-state index contributed by atoms with van der Waals surface area (Å²) in [5, 5.41) is 4.15. The molecule has 0 saturated carbocycles. The average molecular weight is 415 g/mol. The standard InChI is InChI=1S/C22H22N2O4.ClH/c1-4-27-21(25)15-6-9-17(10-7-15)24-20-12-14(3)23-19-11-8-16(13-18(19)20)22(26)28-5-2;/h6-13H,4-5H2,1-3H3,(H,23,24);1H. The lowest BCUT2D eigenvalue weighted by Crippen LogP contribution is -2.05. The lowest BCUT2D eigenvalue weighted by atomic mass is 10.1. The fourth-order valence-electron chi connectivity index (χ4n) is 2.86. The van der Waals surface area contributed by atoms with Crippen molar-refractivity contribution >= 4 is 46.6 Å². The van der Waals surface area contributed by atoms with Crippen LogP contribution in [0, 0.1) is 6.92 Å². The van der Waals surface area contributed by atoms with Crippen LogP contribution in [0.2, 0.25) is 0 Å². The number of carbonyl (C=O) groups is 2. The van der Waals surface area contributed by atoms with Crippen molar-refractivity contribution in [2.45, 2.75) is 20.8 Å². The summed E-state index contributed by atoms with van der Waals surface area (Å²) >= 11 is 0. The maximum Gasteiger partial charge on any atom is 0.338 e. The summed E-state index contributed by atoms with van der Waals surface area (Å²) in [5.41, 5.74) is 4.22. The number of benzene rings is 2. The van der Waals surface area contributed by atoms with Gasteiger partial charge in [0.05, 0.1) is 29.9 Å². The zero-order chi connectivity index (χ0) is 20.1. The maximum atomic E-state index is 12.1. The number of pyridine rings is 1. The molecule has 0 aliphatic carbocycles. The molecule has 0 atom stereocenters. The van der Waals surface area contributed by atoms with Crippen molar-refractivity contribution in [3.63, 3.8) is 0 Å². The number of esters is 2. The van der Waals surface area contributed by atoms with E-state index in [-0.39, 0.29) is 24.3 Å². The molecule has 0 aliphatic heterocycles. The second-order valence-corrected chi connectivity index (χ2v) is 6.19. The molecule has 6 nitrogen and oxygen atoms in total. The van der Waals surface area contributed by atoms with Crippen LogP contribution in [0.15, 0.2) is 48.5 Å². The molecule has 1 aromatic heterocycles. The molecule has 0 fully saturated rings. The van der Waals surface area contributed by atoms with Crippen LogP contribution in [0.5, 0.6) is 0 Å². The van der Waals surface area contributed by atoms with Gasteiger partial charge in [-0.15, -0.1) is 12.4 Å². The molecule has 0 unspecified atom stereocenters. The number of aryl methyl sites for hydroxylation is 1. The van der Waals surface area contributed by atoms with Crippen molar-refractivity contribution in [1.29, 1.82) is 0 Å². The molecule has 7 heteroatoms. The Bertz CT molecular complexity index is 1020. The molecule has 29 heavy (non-hydrogen) atoms. The molecule has 1 N–H and O–H groups in total. The van der Waals surface area contributed by atoms with Crippen LogP contribution in [-0.4, -0.2) is 30.1 Å². The van der Waals surface area contributed by atoms with Crippen LogP contribution < -0.4 is 5.32 Å². The van der Waals surface area contributed by atoms with E-state index in [0.717, 1.165) is 28.0 Å². The van der Waals surface area contributed by atoms with Gasteiger partial charge in [-0.25, -0.2) is 9.59 Å². The van der Waals surface area contributed by atoms with Crippen molar-refractivity contribution in [3.05, 3.63) is 65.4 Å². The number of anilines is 2. The molecule has 2 aromatic carbocycles. The SMILES string of the molecule is CCOC(=O)c1ccc(Nc2cc(C)nc3ccc(C(=O)OCC)cc23)cc1.Cl. The highest BCUT2D eigenvalue weighted by Crippen LogP contribution is 2.28. The number of hydrogen-bond donors (Lipinski definition) is 1. The van der Waals surface area contributed by atoms with E-state index in [2.05, 4.69) is 10.3 Å². The third kappa shape index (κ3) is 5.23. The Morgan fingerprint density at radius 1 is 0.897 bits per heavy atom. The minimum Gasteiger partial charge on any atom is -0.462 e.